The second-order valence-electron chi connectivity index (χ2n) is 13.5. The van der Waals surface area contributed by atoms with Gasteiger partial charge in [-0.1, -0.05) is 51.9 Å². The van der Waals surface area contributed by atoms with E-state index in [-0.39, 0.29) is 45.2 Å². The van der Waals surface area contributed by atoms with Crippen LogP contribution in [0, 0.1) is 5.41 Å². The highest BCUT2D eigenvalue weighted by atomic mass is 16.7. The van der Waals surface area contributed by atoms with Gasteiger partial charge in [0.25, 0.3) is 5.91 Å². The third-order valence-electron chi connectivity index (χ3n) is 8.58. The Bertz CT molecular complexity index is 1470. The first kappa shape index (κ1) is 33.7. The predicted molar refractivity (Wildman–Crippen MR) is 169 cm³/mol. The fourth-order valence-electron chi connectivity index (χ4n) is 5.94. The van der Waals surface area contributed by atoms with Crippen LogP contribution in [0.2, 0.25) is 0 Å². The number of amides is 4. The van der Waals surface area contributed by atoms with Gasteiger partial charge in [-0.3, -0.25) is 19.2 Å². The van der Waals surface area contributed by atoms with Crippen LogP contribution in [0.1, 0.15) is 71.8 Å². The van der Waals surface area contributed by atoms with Crippen LogP contribution in [0.5, 0.6) is 11.5 Å². The van der Waals surface area contributed by atoms with Crippen molar-refractivity contribution in [2.75, 3.05) is 19.9 Å². The molecule has 3 aliphatic heterocycles. The van der Waals surface area contributed by atoms with Crippen molar-refractivity contribution in [3.63, 3.8) is 0 Å². The fraction of sp³-hybridized carbons (Fsp3) is 0.576. The molecule has 1 aromatic carbocycles. The number of alkyl carbamates (subject to hydrolysis) is 1. The zero-order valence-corrected chi connectivity index (χ0v) is 27.3. The first-order valence-corrected chi connectivity index (χ1v) is 16.0. The van der Waals surface area contributed by atoms with Crippen molar-refractivity contribution in [1.82, 2.24) is 20.9 Å². The summed E-state index contributed by atoms with van der Waals surface area (Å²) in [5.74, 6) is -1.42. The summed E-state index contributed by atoms with van der Waals surface area (Å²) in [6.07, 6.45) is 3.32. The van der Waals surface area contributed by atoms with E-state index in [1.165, 1.54) is 11.0 Å². The molecule has 1 spiro atoms. The number of likely N-dealkylation sites (tertiary alicyclic amines) is 1. The molecule has 2 fully saturated rings. The molecule has 4 atom stereocenters. The van der Waals surface area contributed by atoms with Gasteiger partial charge in [-0.15, -0.1) is 0 Å². The normalized spacial score (nSPS) is 22.5. The molecule has 1 aromatic rings. The molecule has 254 valence electrons. The van der Waals surface area contributed by atoms with Crippen LogP contribution < -0.4 is 25.4 Å². The lowest BCUT2D eigenvalue weighted by Gasteiger charge is -2.35. The van der Waals surface area contributed by atoms with Crippen molar-refractivity contribution in [3.8, 4) is 11.5 Å². The minimum Gasteiger partial charge on any atom is -0.454 e. The highest BCUT2D eigenvalue weighted by Gasteiger charge is 2.56. The van der Waals surface area contributed by atoms with E-state index in [1.807, 2.05) is 13.0 Å². The summed E-state index contributed by atoms with van der Waals surface area (Å²) in [5, 5.41) is 12.4. The van der Waals surface area contributed by atoms with Crippen molar-refractivity contribution in [1.29, 1.82) is 0 Å². The van der Waals surface area contributed by atoms with Gasteiger partial charge in [0.15, 0.2) is 17.1 Å². The van der Waals surface area contributed by atoms with E-state index < -0.39 is 58.7 Å². The van der Waals surface area contributed by atoms with Gasteiger partial charge in [0.2, 0.25) is 24.4 Å². The zero-order chi connectivity index (χ0) is 33.9. The molecule has 1 aliphatic carbocycles. The van der Waals surface area contributed by atoms with Crippen LogP contribution in [0.4, 0.5) is 4.79 Å². The molecular formula is C33H43N5O9. The second kappa shape index (κ2) is 13.6. The van der Waals surface area contributed by atoms with E-state index in [4.69, 9.17) is 19.0 Å². The highest BCUT2D eigenvalue weighted by Crippen LogP contribution is 2.41. The number of oxime groups is 1. The Hall–Kier alpha value is -4.62. The van der Waals surface area contributed by atoms with Crippen LogP contribution in [0.25, 0.3) is 0 Å². The minimum atomic E-state index is -1.09. The van der Waals surface area contributed by atoms with Crippen LogP contribution in [-0.4, -0.2) is 89.9 Å². The maximum atomic E-state index is 14.3. The lowest BCUT2D eigenvalue weighted by Crippen LogP contribution is -2.59. The Kier molecular flexibility index (Phi) is 9.78. The van der Waals surface area contributed by atoms with Crippen LogP contribution in [0.3, 0.4) is 0 Å². The third-order valence-corrected chi connectivity index (χ3v) is 8.58. The average Bonchev–Trinajstić information content (AvgIpc) is 3.40. The number of benzene rings is 1. The molecule has 3 N–H and O–H groups in total. The quantitative estimate of drug-likeness (QED) is 0.226. The number of hydrogen-bond acceptors (Lipinski definition) is 10. The van der Waals surface area contributed by atoms with Gasteiger partial charge in [-0.05, 0) is 42.9 Å². The van der Waals surface area contributed by atoms with E-state index in [2.05, 4.69) is 27.7 Å². The number of rotatable bonds is 12. The zero-order valence-electron chi connectivity index (χ0n) is 27.3. The van der Waals surface area contributed by atoms with Crippen molar-refractivity contribution >= 4 is 35.3 Å². The SMILES string of the molecule is C=CCOC(=O)N[C@H](C(=O)N1C[C@]2(CC(c3ccc4c(c3)OCO4)=NO2)C[C@H]1C(=O)N[C@@H](CCC)C(=O)C(=O)NC1CC1)C(C)(C)C. The first-order valence-electron chi connectivity index (χ1n) is 16.0. The number of ether oxygens (including phenoxy) is 3. The molecule has 3 heterocycles. The molecular weight excluding hydrogens is 610 g/mol. The van der Waals surface area contributed by atoms with E-state index in [0.29, 0.717) is 23.6 Å². The Morgan fingerprint density at radius 2 is 1.89 bits per heavy atom. The predicted octanol–water partition coefficient (Wildman–Crippen LogP) is 2.34. The topological polar surface area (TPSA) is 174 Å². The summed E-state index contributed by atoms with van der Waals surface area (Å²) >= 11 is 0. The molecule has 4 amide bonds. The maximum absolute atomic E-state index is 14.3. The molecule has 1 saturated carbocycles. The number of ketones is 1. The first-order chi connectivity index (χ1) is 22.3. The van der Waals surface area contributed by atoms with Crippen LogP contribution in [0.15, 0.2) is 36.0 Å². The fourth-order valence-corrected chi connectivity index (χ4v) is 5.94. The molecule has 14 nitrogen and oxygen atoms in total. The number of Topliss-reactive ketones (excluding diaryl/α,β-unsaturated/α-hetero) is 1. The molecule has 47 heavy (non-hydrogen) atoms. The van der Waals surface area contributed by atoms with Crippen molar-refractivity contribution in [2.45, 2.75) is 96.0 Å². The van der Waals surface area contributed by atoms with E-state index >= 15 is 0 Å². The van der Waals surface area contributed by atoms with Gasteiger partial charge < -0.3 is 39.9 Å². The number of hydrogen-bond donors (Lipinski definition) is 3. The molecule has 0 radical (unpaired) electrons. The second-order valence-corrected chi connectivity index (χ2v) is 13.5. The summed E-state index contributed by atoms with van der Waals surface area (Å²) in [6, 6.07) is 2.13. The minimum absolute atomic E-state index is 0.0218. The lowest BCUT2D eigenvalue weighted by atomic mass is 9.85. The molecule has 0 aromatic heterocycles. The van der Waals surface area contributed by atoms with Gasteiger partial charge in [0.1, 0.15) is 18.7 Å². The van der Waals surface area contributed by atoms with Crippen molar-refractivity contribution in [3.05, 3.63) is 36.4 Å². The average molecular weight is 654 g/mol. The Morgan fingerprint density at radius 3 is 2.57 bits per heavy atom. The van der Waals surface area contributed by atoms with Crippen LogP contribution in [-0.2, 0) is 28.8 Å². The Morgan fingerprint density at radius 1 is 1.15 bits per heavy atom. The van der Waals surface area contributed by atoms with Crippen LogP contribution >= 0.6 is 0 Å². The number of carbonyl (C=O) groups is 5. The van der Waals surface area contributed by atoms with E-state index in [1.54, 1.807) is 32.9 Å². The Balaban J connectivity index is 1.40. The number of fused-ring (bicyclic) bond motifs is 1. The van der Waals surface area contributed by atoms with Gasteiger partial charge in [0, 0.05) is 24.4 Å². The summed E-state index contributed by atoms with van der Waals surface area (Å²) in [7, 11) is 0. The van der Waals surface area contributed by atoms with Gasteiger partial charge in [-0.2, -0.15) is 0 Å². The number of nitrogens with one attached hydrogen (secondary N) is 3. The van der Waals surface area contributed by atoms with E-state index in [0.717, 1.165) is 18.4 Å². The van der Waals surface area contributed by atoms with Gasteiger partial charge in [0.05, 0.1) is 18.3 Å². The molecule has 0 unspecified atom stereocenters. The molecule has 14 heteroatoms. The summed E-state index contributed by atoms with van der Waals surface area (Å²) < 4.78 is 16.0. The number of carbonyl (C=O) groups excluding carboxylic acids is 5. The summed E-state index contributed by atoms with van der Waals surface area (Å²) in [6.45, 7) is 10.8. The molecule has 1 saturated heterocycles. The molecule has 4 aliphatic rings. The van der Waals surface area contributed by atoms with Gasteiger partial charge in [-0.25, -0.2) is 4.79 Å². The summed E-state index contributed by atoms with van der Waals surface area (Å²) in [4.78, 5) is 74.1. The highest BCUT2D eigenvalue weighted by molar-refractivity contribution is 6.38. The standard InChI is InChI=1S/C33H43N5O9/c1-6-8-21(26(39)29(41)34-20-10-11-20)35-28(40)23-16-33(15-22(37-47-33)19-9-12-24-25(14-19)46-18-45-24)17-38(23)30(42)27(32(3,4)5)36-31(43)44-13-7-2/h7,9,12,14,20-21,23,27H,2,6,8,10-11,13,15-18H2,1,3-5H3,(H,34,41)(H,35,40)(H,36,43)/t21-,23-,27+,33-/m0/s1. The molecule has 5 rings (SSSR count). The monoisotopic (exact) mass is 653 g/mol. The van der Waals surface area contributed by atoms with Gasteiger partial charge >= 0.3 is 6.09 Å². The Labute approximate surface area is 273 Å². The maximum Gasteiger partial charge on any atom is 0.408 e. The lowest BCUT2D eigenvalue weighted by molar-refractivity contribution is -0.144. The van der Waals surface area contributed by atoms with Crippen molar-refractivity contribution < 1.29 is 43.0 Å². The van der Waals surface area contributed by atoms with Crippen molar-refractivity contribution in [2.24, 2.45) is 10.6 Å². The third kappa shape index (κ3) is 7.68. The smallest absolute Gasteiger partial charge is 0.408 e. The number of nitrogens with zero attached hydrogens (tertiary/aromatic N) is 2. The van der Waals surface area contributed by atoms with E-state index in [9.17, 15) is 24.0 Å². The molecule has 0 bridgehead atoms. The summed E-state index contributed by atoms with van der Waals surface area (Å²) in [5.41, 5.74) is -0.506. The largest absolute Gasteiger partial charge is 0.454 e.